The van der Waals surface area contributed by atoms with Gasteiger partial charge in [-0.1, -0.05) is 26.8 Å². The molecule has 0 saturated carbocycles. The number of aryl methyl sites for hydroxylation is 1. The lowest BCUT2D eigenvalue weighted by Crippen LogP contribution is -2.27. The van der Waals surface area contributed by atoms with Crippen molar-refractivity contribution in [3.8, 4) is 0 Å². The van der Waals surface area contributed by atoms with Gasteiger partial charge in [0.05, 0.1) is 17.6 Å². The average Bonchev–Trinajstić information content (AvgIpc) is 3.21. The maximum atomic E-state index is 12.2. The number of rotatable bonds is 6. The molecule has 2 amide bonds. The molecule has 0 aliphatic carbocycles. The number of aromatic amines is 1. The Kier molecular flexibility index (Phi) is 5.48. The van der Waals surface area contributed by atoms with Gasteiger partial charge in [0.15, 0.2) is 0 Å². The van der Waals surface area contributed by atoms with Crippen LogP contribution in [0.15, 0.2) is 30.5 Å². The van der Waals surface area contributed by atoms with Gasteiger partial charge in [-0.05, 0) is 29.2 Å². The normalized spacial score (nSPS) is 11.6. The van der Waals surface area contributed by atoms with E-state index in [0.29, 0.717) is 24.5 Å². The molecule has 0 aliphatic heterocycles. The van der Waals surface area contributed by atoms with E-state index in [1.54, 1.807) is 19.3 Å². The molecule has 0 atom stereocenters. The van der Waals surface area contributed by atoms with Gasteiger partial charge in [-0.25, -0.2) is 4.98 Å². The van der Waals surface area contributed by atoms with Gasteiger partial charge in [0, 0.05) is 26.2 Å². The molecule has 3 N–H and O–H groups in total. The van der Waals surface area contributed by atoms with Gasteiger partial charge in [-0.3, -0.25) is 14.3 Å². The number of carbonyl (C=O) groups excluding carboxylic acids is 2. The molecule has 0 unspecified atom stereocenters. The Bertz CT molecular complexity index is 996. The van der Waals surface area contributed by atoms with Crippen LogP contribution in [-0.4, -0.2) is 31.6 Å². The van der Waals surface area contributed by atoms with Crippen molar-refractivity contribution in [1.29, 1.82) is 0 Å². The summed E-state index contributed by atoms with van der Waals surface area (Å²) in [6, 6.07) is 7.47. The smallest absolute Gasteiger partial charge is 0.269 e. The summed E-state index contributed by atoms with van der Waals surface area (Å²) >= 11 is 0. The van der Waals surface area contributed by atoms with Crippen LogP contribution in [0.3, 0.4) is 0 Å². The molecule has 3 aromatic rings. The highest BCUT2D eigenvalue weighted by molar-refractivity contribution is 5.92. The zero-order valence-electron chi connectivity index (χ0n) is 16.7. The Balaban J connectivity index is 1.60. The lowest BCUT2D eigenvalue weighted by molar-refractivity contribution is -0.122. The quantitative estimate of drug-likeness (QED) is 0.608. The molecule has 0 bridgehead atoms. The van der Waals surface area contributed by atoms with E-state index in [1.807, 2.05) is 39.0 Å². The molecule has 2 heterocycles. The third-order valence-electron chi connectivity index (χ3n) is 4.25. The summed E-state index contributed by atoms with van der Waals surface area (Å²) in [6.07, 6.45) is 2.07. The molecular formula is C20H26N6O2. The number of aromatic nitrogens is 4. The van der Waals surface area contributed by atoms with E-state index in [-0.39, 0.29) is 23.8 Å². The number of benzene rings is 1. The standard InChI is InChI=1S/C20H26N6O2/c1-20(2,3)10-18(27)21-11-13-5-6-14-15(9-13)25-17(24-14)12-22-19(28)16-7-8-23-26(16)4/h5-9H,10-12H2,1-4H3,(H,21,27)(H,22,28)(H,24,25). The molecule has 0 saturated heterocycles. The number of amides is 2. The van der Waals surface area contributed by atoms with E-state index in [9.17, 15) is 9.59 Å². The SMILES string of the molecule is Cn1nccc1C(=O)NCc1nc2ccc(CNC(=O)CC(C)(C)C)cc2[nH]1. The molecule has 0 radical (unpaired) electrons. The zero-order valence-corrected chi connectivity index (χ0v) is 16.7. The van der Waals surface area contributed by atoms with E-state index in [4.69, 9.17) is 0 Å². The van der Waals surface area contributed by atoms with Crippen LogP contribution >= 0.6 is 0 Å². The van der Waals surface area contributed by atoms with Crippen molar-refractivity contribution < 1.29 is 9.59 Å². The monoisotopic (exact) mass is 382 g/mol. The van der Waals surface area contributed by atoms with Crippen LogP contribution in [0.1, 0.15) is 49.1 Å². The van der Waals surface area contributed by atoms with Crippen molar-refractivity contribution in [2.45, 2.75) is 40.3 Å². The second-order valence-corrected chi connectivity index (χ2v) is 8.07. The number of hydrogen-bond donors (Lipinski definition) is 3. The molecule has 8 nitrogen and oxygen atoms in total. The summed E-state index contributed by atoms with van der Waals surface area (Å²) in [5.74, 6) is 0.498. The lowest BCUT2D eigenvalue weighted by Gasteiger charge is -2.17. The minimum atomic E-state index is -0.206. The van der Waals surface area contributed by atoms with Crippen LogP contribution in [0.2, 0.25) is 0 Å². The number of carbonyl (C=O) groups is 2. The maximum absolute atomic E-state index is 12.2. The number of H-pyrrole nitrogens is 1. The van der Waals surface area contributed by atoms with E-state index in [1.165, 1.54) is 4.68 Å². The maximum Gasteiger partial charge on any atom is 0.269 e. The van der Waals surface area contributed by atoms with Crippen LogP contribution in [0, 0.1) is 5.41 Å². The Morgan fingerprint density at radius 1 is 1.14 bits per heavy atom. The fraction of sp³-hybridized carbons (Fsp3) is 0.400. The van der Waals surface area contributed by atoms with Crippen LogP contribution in [0.25, 0.3) is 11.0 Å². The highest BCUT2D eigenvalue weighted by atomic mass is 16.2. The van der Waals surface area contributed by atoms with Crippen molar-refractivity contribution in [2.24, 2.45) is 12.5 Å². The van der Waals surface area contributed by atoms with Gasteiger partial charge in [-0.2, -0.15) is 5.10 Å². The van der Waals surface area contributed by atoms with Gasteiger partial charge in [0.25, 0.3) is 5.91 Å². The lowest BCUT2D eigenvalue weighted by atomic mass is 9.92. The summed E-state index contributed by atoms with van der Waals surface area (Å²) in [6.45, 7) is 6.88. The van der Waals surface area contributed by atoms with Gasteiger partial charge in [0.2, 0.25) is 5.91 Å². The van der Waals surface area contributed by atoms with Crippen molar-refractivity contribution in [3.05, 3.63) is 47.5 Å². The fourth-order valence-corrected chi connectivity index (χ4v) is 2.90. The molecule has 0 aliphatic rings. The Morgan fingerprint density at radius 2 is 1.93 bits per heavy atom. The van der Waals surface area contributed by atoms with E-state index in [0.717, 1.165) is 16.6 Å². The predicted octanol–water partition coefficient (Wildman–Crippen LogP) is 2.28. The van der Waals surface area contributed by atoms with Crippen LogP contribution in [-0.2, 0) is 24.9 Å². The van der Waals surface area contributed by atoms with E-state index >= 15 is 0 Å². The Morgan fingerprint density at radius 3 is 2.61 bits per heavy atom. The first-order valence-corrected chi connectivity index (χ1v) is 9.22. The first-order chi connectivity index (χ1) is 13.2. The molecular weight excluding hydrogens is 356 g/mol. The molecule has 0 spiro atoms. The minimum Gasteiger partial charge on any atom is -0.352 e. The molecule has 148 valence electrons. The highest BCUT2D eigenvalue weighted by Crippen LogP contribution is 2.18. The number of fused-ring (bicyclic) bond motifs is 1. The second-order valence-electron chi connectivity index (χ2n) is 8.07. The van der Waals surface area contributed by atoms with Crippen molar-refractivity contribution in [1.82, 2.24) is 30.4 Å². The third-order valence-corrected chi connectivity index (χ3v) is 4.25. The Labute approximate surface area is 163 Å². The van der Waals surface area contributed by atoms with Crippen molar-refractivity contribution in [3.63, 3.8) is 0 Å². The third kappa shape index (κ3) is 4.97. The van der Waals surface area contributed by atoms with Gasteiger partial charge in [-0.15, -0.1) is 0 Å². The summed E-state index contributed by atoms with van der Waals surface area (Å²) < 4.78 is 1.52. The largest absolute Gasteiger partial charge is 0.352 e. The van der Waals surface area contributed by atoms with Crippen LogP contribution in [0.5, 0.6) is 0 Å². The zero-order chi connectivity index (χ0) is 20.3. The summed E-state index contributed by atoms with van der Waals surface area (Å²) in [5.41, 5.74) is 3.13. The number of imidazole rings is 1. The number of hydrogen-bond acceptors (Lipinski definition) is 4. The predicted molar refractivity (Wildman–Crippen MR) is 106 cm³/mol. The fourth-order valence-electron chi connectivity index (χ4n) is 2.90. The van der Waals surface area contributed by atoms with Gasteiger partial charge < -0.3 is 15.6 Å². The molecule has 1 aromatic carbocycles. The highest BCUT2D eigenvalue weighted by Gasteiger charge is 2.15. The first-order valence-electron chi connectivity index (χ1n) is 9.22. The Hall–Kier alpha value is -3.16. The van der Waals surface area contributed by atoms with Gasteiger partial charge >= 0.3 is 0 Å². The molecule has 3 rings (SSSR count). The topological polar surface area (TPSA) is 105 Å². The van der Waals surface area contributed by atoms with Gasteiger partial charge in [0.1, 0.15) is 11.5 Å². The minimum absolute atomic E-state index is 0.0355. The molecule has 8 heteroatoms. The van der Waals surface area contributed by atoms with E-state index in [2.05, 4.69) is 25.7 Å². The van der Waals surface area contributed by atoms with Crippen LogP contribution < -0.4 is 10.6 Å². The molecule has 28 heavy (non-hydrogen) atoms. The first kappa shape index (κ1) is 19.6. The van der Waals surface area contributed by atoms with Crippen LogP contribution in [0.4, 0.5) is 0 Å². The summed E-state index contributed by atoms with van der Waals surface area (Å²) in [4.78, 5) is 31.9. The average molecular weight is 382 g/mol. The van der Waals surface area contributed by atoms with Crippen molar-refractivity contribution in [2.75, 3.05) is 0 Å². The van der Waals surface area contributed by atoms with E-state index < -0.39 is 0 Å². The molecule has 2 aromatic heterocycles. The number of nitrogens with zero attached hydrogens (tertiary/aromatic N) is 3. The molecule has 0 fully saturated rings. The van der Waals surface area contributed by atoms with Crippen molar-refractivity contribution >= 4 is 22.8 Å². The second kappa shape index (κ2) is 7.84. The number of nitrogens with one attached hydrogen (secondary N) is 3. The summed E-state index contributed by atoms with van der Waals surface area (Å²) in [7, 11) is 1.72. The summed E-state index contributed by atoms with van der Waals surface area (Å²) in [5, 5.41) is 9.77.